The molecule has 1 saturated carbocycles. The van der Waals surface area contributed by atoms with Crippen LogP contribution in [0.3, 0.4) is 0 Å². The molecule has 1 aliphatic carbocycles. The van der Waals surface area contributed by atoms with Crippen molar-refractivity contribution in [3.63, 3.8) is 0 Å². The molecule has 1 rings (SSSR count). The van der Waals surface area contributed by atoms with Crippen LogP contribution in [0.15, 0.2) is 17.8 Å². The van der Waals surface area contributed by atoms with Crippen molar-refractivity contribution in [3.05, 3.63) is 17.6 Å². The number of rotatable bonds is 2. The molecule has 0 spiro atoms. The summed E-state index contributed by atoms with van der Waals surface area (Å²) >= 11 is 0. The van der Waals surface area contributed by atoms with Crippen LogP contribution < -0.4 is 0 Å². The highest BCUT2D eigenvalue weighted by Gasteiger charge is 2.48. The molecule has 0 aliphatic heterocycles. The topological polar surface area (TPSA) is 110 Å². The standard InChI is InChI=1S/C8H13NO5/c1-2-3-5(10)4(9-14)7(12)8(13)6(3)11/h2-8,10-13H,1H2/t3?,4-,5?,6-,7?,8?/m1/s1. The lowest BCUT2D eigenvalue weighted by Gasteiger charge is -2.39. The Morgan fingerprint density at radius 1 is 1.00 bits per heavy atom. The zero-order chi connectivity index (χ0) is 10.9. The Morgan fingerprint density at radius 3 is 2.00 bits per heavy atom. The van der Waals surface area contributed by atoms with Crippen molar-refractivity contribution in [2.24, 2.45) is 11.1 Å². The third-order valence-electron chi connectivity index (χ3n) is 2.58. The average molecular weight is 203 g/mol. The van der Waals surface area contributed by atoms with Gasteiger partial charge >= 0.3 is 0 Å². The van der Waals surface area contributed by atoms with E-state index in [1.165, 1.54) is 6.08 Å². The Morgan fingerprint density at radius 2 is 1.57 bits per heavy atom. The third kappa shape index (κ3) is 1.57. The van der Waals surface area contributed by atoms with Crippen LogP contribution in [-0.4, -0.2) is 50.9 Å². The van der Waals surface area contributed by atoms with E-state index in [0.29, 0.717) is 0 Å². The van der Waals surface area contributed by atoms with Crippen molar-refractivity contribution in [3.8, 4) is 0 Å². The molecule has 0 amide bonds. The van der Waals surface area contributed by atoms with E-state index >= 15 is 0 Å². The van der Waals surface area contributed by atoms with Crippen molar-refractivity contribution in [2.75, 3.05) is 0 Å². The van der Waals surface area contributed by atoms with Crippen LogP contribution in [-0.2, 0) is 0 Å². The Bertz CT molecular complexity index is 212. The van der Waals surface area contributed by atoms with Gasteiger partial charge in [-0.25, -0.2) is 0 Å². The fourth-order valence-corrected chi connectivity index (χ4v) is 1.67. The molecule has 6 nitrogen and oxygen atoms in total. The van der Waals surface area contributed by atoms with E-state index < -0.39 is 36.4 Å². The molecule has 0 heterocycles. The van der Waals surface area contributed by atoms with Gasteiger partial charge in [-0.2, -0.15) is 4.91 Å². The van der Waals surface area contributed by atoms with Crippen molar-refractivity contribution >= 4 is 0 Å². The fraction of sp³-hybridized carbons (Fsp3) is 0.750. The maximum Gasteiger partial charge on any atom is 0.147 e. The summed E-state index contributed by atoms with van der Waals surface area (Å²) in [5.74, 6) is -0.865. The molecular weight excluding hydrogens is 190 g/mol. The molecule has 4 N–H and O–H groups in total. The first-order valence-corrected chi connectivity index (χ1v) is 4.22. The molecule has 1 aliphatic rings. The second kappa shape index (κ2) is 4.14. The number of aliphatic hydroxyl groups excluding tert-OH is 4. The SMILES string of the molecule is C=CC1C(O)[C@@H](N=O)C(O)C(O)[C@@H]1O. The second-order valence-electron chi connectivity index (χ2n) is 3.37. The number of hydrogen-bond acceptors (Lipinski definition) is 6. The van der Waals surface area contributed by atoms with Crippen LogP contribution in [0.4, 0.5) is 0 Å². The molecule has 0 saturated heterocycles. The first-order chi connectivity index (χ1) is 6.54. The molecule has 80 valence electrons. The predicted octanol–water partition coefficient (Wildman–Crippen LogP) is -1.62. The second-order valence-corrected chi connectivity index (χ2v) is 3.37. The average Bonchev–Trinajstić information content (AvgIpc) is 2.16. The van der Waals surface area contributed by atoms with Crippen LogP contribution >= 0.6 is 0 Å². The summed E-state index contributed by atoms with van der Waals surface area (Å²) in [6, 6.07) is -1.34. The minimum atomic E-state index is -1.55. The molecule has 0 bridgehead atoms. The van der Waals surface area contributed by atoms with Gasteiger partial charge in [-0.3, -0.25) is 0 Å². The van der Waals surface area contributed by atoms with Gasteiger partial charge in [-0.1, -0.05) is 11.3 Å². The number of nitrogens with zero attached hydrogens (tertiary/aromatic N) is 1. The van der Waals surface area contributed by atoms with Crippen LogP contribution in [0.25, 0.3) is 0 Å². The highest BCUT2D eigenvalue weighted by molar-refractivity contribution is 5.06. The first kappa shape index (κ1) is 11.3. The van der Waals surface area contributed by atoms with Gasteiger partial charge in [0, 0.05) is 5.92 Å². The normalized spacial score (nSPS) is 48.6. The van der Waals surface area contributed by atoms with Gasteiger partial charge in [-0.15, -0.1) is 6.58 Å². The molecule has 0 radical (unpaired) electrons. The largest absolute Gasteiger partial charge is 0.390 e. The maximum atomic E-state index is 10.3. The van der Waals surface area contributed by atoms with E-state index in [1.54, 1.807) is 0 Å². The first-order valence-electron chi connectivity index (χ1n) is 4.22. The zero-order valence-corrected chi connectivity index (χ0v) is 7.39. The van der Waals surface area contributed by atoms with Crippen molar-refractivity contribution < 1.29 is 20.4 Å². The Hall–Kier alpha value is -0.820. The Kier molecular flexibility index (Phi) is 3.33. The minimum Gasteiger partial charge on any atom is -0.390 e. The van der Waals surface area contributed by atoms with Gasteiger partial charge < -0.3 is 20.4 Å². The number of aliphatic hydroxyl groups is 4. The predicted molar refractivity (Wildman–Crippen MR) is 47.3 cm³/mol. The van der Waals surface area contributed by atoms with E-state index in [4.69, 9.17) is 0 Å². The van der Waals surface area contributed by atoms with Gasteiger partial charge in [0.05, 0.1) is 12.2 Å². The smallest absolute Gasteiger partial charge is 0.147 e. The van der Waals surface area contributed by atoms with Crippen LogP contribution in [0.1, 0.15) is 0 Å². The highest BCUT2D eigenvalue weighted by Crippen LogP contribution is 2.28. The Balaban J connectivity index is 2.93. The fourth-order valence-electron chi connectivity index (χ4n) is 1.67. The van der Waals surface area contributed by atoms with Crippen molar-refractivity contribution in [2.45, 2.75) is 30.5 Å². The molecule has 6 heteroatoms. The summed E-state index contributed by atoms with van der Waals surface area (Å²) in [5.41, 5.74) is 0. The quantitative estimate of drug-likeness (QED) is 0.318. The van der Waals surface area contributed by atoms with E-state index in [1.807, 2.05) is 0 Å². The van der Waals surface area contributed by atoms with E-state index in [9.17, 15) is 25.3 Å². The summed E-state index contributed by atoms with van der Waals surface area (Å²) in [6.45, 7) is 3.36. The van der Waals surface area contributed by atoms with E-state index in [2.05, 4.69) is 11.8 Å². The summed E-state index contributed by atoms with van der Waals surface area (Å²) in [5, 5.41) is 40.0. The molecule has 14 heavy (non-hydrogen) atoms. The Labute approximate surface area is 80.5 Å². The molecule has 4 unspecified atom stereocenters. The molecule has 0 aromatic heterocycles. The summed E-state index contributed by atoms with van der Waals surface area (Å²) in [7, 11) is 0. The molecular formula is C8H13NO5. The van der Waals surface area contributed by atoms with Crippen LogP contribution in [0.5, 0.6) is 0 Å². The minimum absolute atomic E-state index is 0.865. The van der Waals surface area contributed by atoms with Crippen molar-refractivity contribution in [1.29, 1.82) is 0 Å². The van der Waals surface area contributed by atoms with E-state index in [-0.39, 0.29) is 0 Å². The number of nitroso groups, excluding NO2 is 1. The van der Waals surface area contributed by atoms with Crippen molar-refractivity contribution in [1.82, 2.24) is 0 Å². The third-order valence-corrected chi connectivity index (χ3v) is 2.58. The molecule has 0 aromatic carbocycles. The van der Waals surface area contributed by atoms with Gasteiger partial charge in [-0.05, 0) is 0 Å². The van der Waals surface area contributed by atoms with Gasteiger partial charge in [0.25, 0.3) is 0 Å². The lowest BCUT2D eigenvalue weighted by atomic mass is 9.77. The summed E-state index contributed by atoms with van der Waals surface area (Å²) < 4.78 is 0. The van der Waals surface area contributed by atoms with E-state index in [0.717, 1.165) is 0 Å². The lowest BCUT2D eigenvalue weighted by molar-refractivity contribution is -0.147. The maximum absolute atomic E-state index is 10.3. The lowest BCUT2D eigenvalue weighted by Crippen LogP contribution is -2.59. The number of hydrogen-bond donors (Lipinski definition) is 4. The summed E-state index contributed by atoms with van der Waals surface area (Å²) in [6.07, 6.45) is -4.48. The van der Waals surface area contributed by atoms with Gasteiger partial charge in [0.1, 0.15) is 18.2 Å². The molecule has 0 aromatic rings. The summed E-state index contributed by atoms with van der Waals surface area (Å²) in [4.78, 5) is 10.3. The van der Waals surface area contributed by atoms with Gasteiger partial charge in [0.15, 0.2) is 0 Å². The highest BCUT2D eigenvalue weighted by atomic mass is 16.4. The zero-order valence-electron chi connectivity index (χ0n) is 7.39. The van der Waals surface area contributed by atoms with Crippen LogP contribution in [0, 0.1) is 10.8 Å². The molecule has 6 atom stereocenters. The van der Waals surface area contributed by atoms with Crippen LogP contribution in [0.2, 0.25) is 0 Å². The van der Waals surface area contributed by atoms with Gasteiger partial charge in [0.2, 0.25) is 0 Å². The monoisotopic (exact) mass is 203 g/mol. The molecule has 1 fully saturated rings.